The van der Waals surface area contributed by atoms with Gasteiger partial charge >= 0.3 is 6.09 Å². The van der Waals surface area contributed by atoms with Crippen LogP contribution in [0.5, 0.6) is 0 Å². The van der Waals surface area contributed by atoms with Crippen molar-refractivity contribution >= 4 is 6.09 Å². The molecule has 1 atom stereocenters. The average Bonchev–Trinajstić information content (AvgIpc) is 2.38. The Labute approximate surface area is 118 Å². The molecule has 2 heterocycles. The first-order valence-corrected chi connectivity index (χ1v) is 6.68. The van der Waals surface area contributed by atoms with E-state index in [1.807, 2.05) is 20.8 Å². The van der Waals surface area contributed by atoms with Crippen molar-refractivity contribution < 1.29 is 13.9 Å². The third-order valence-corrected chi connectivity index (χ3v) is 2.98. The number of hydrogen-bond acceptors (Lipinski definition) is 4. The number of aromatic nitrogens is 1. The number of carbonyl (C=O) groups is 1. The first kappa shape index (κ1) is 14.7. The van der Waals surface area contributed by atoms with Crippen LogP contribution in [0.3, 0.4) is 0 Å². The predicted molar refractivity (Wildman–Crippen MR) is 72.7 cm³/mol. The second-order valence-corrected chi connectivity index (χ2v) is 5.85. The summed E-state index contributed by atoms with van der Waals surface area (Å²) in [5.74, 6) is -0.506. The lowest BCUT2D eigenvalue weighted by Crippen LogP contribution is -2.49. The Morgan fingerprint density at radius 3 is 2.85 bits per heavy atom. The second kappa shape index (κ2) is 5.75. The van der Waals surface area contributed by atoms with Crippen LogP contribution in [0.1, 0.15) is 32.4 Å². The van der Waals surface area contributed by atoms with Crippen molar-refractivity contribution in [2.24, 2.45) is 0 Å². The maximum absolute atomic E-state index is 12.8. The number of pyridine rings is 1. The van der Waals surface area contributed by atoms with E-state index < -0.39 is 11.5 Å². The Bertz CT molecular complexity index is 470. The number of nitrogens with one attached hydrogen (secondary N) is 1. The van der Waals surface area contributed by atoms with E-state index in [2.05, 4.69) is 10.3 Å². The molecule has 0 radical (unpaired) electrons. The van der Waals surface area contributed by atoms with Gasteiger partial charge in [-0.1, -0.05) is 6.07 Å². The monoisotopic (exact) mass is 281 g/mol. The molecule has 5 nitrogen and oxygen atoms in total. The zero-order chi connectivity index (χ0) is 14.8. The number of hydrogen-bond donors (Lipinski definition) is 1. The third-order valence-electron chi connectivity index (χ3n) is 2.98. The van der Waals surface area contributed by atoms with Crippen LogP contribution in [0, 0.1) is 5.95 Å². The molecule has 0 spiro atoms. The largest absolute Gasteiger partial charge is 0.444 e. The van der Waals surface area contributed by atoms with Gasteiger partial charge in [-0.3, -0.25) is 0 Å². The third kappa shape index (κ3) is 3.90. The van der Waals surface area contributed by atoms with E-state index in [1.165, 1.54) is 12.3 Å². The second-order valence-electron chi connectivity index (χ2n) is 5.85. The van der Waals surface area contributed by atoms with E-state index >= 15 is 0 Å². The quantitative estimate of drug-likeness (QED) is 0.801. The smallest absolute Gasteiger partial charge is 0.410 e. The van der Waals surface area contributed by atoms with Gasteiger partial charge in [-0.25, -0.2) is 9.78 Å². The number of piperazine rings is 1. The number of ether oxygens (including phenoxy) is 1. The van der Waals surface area contributed by atoms with Crippen LogP contribution in [-0.2, 0) is 4.74 Å². The molecular weight excluding hydrogens is 261 g/mol. The first-order valence-electron chi connectivity index (χ1n) is 6.68. The molecule has 6 heteroatoms. The molecule has 1 N–H and O–H groups in total. The molecule has 1 aliphatic rings. The number of carbonyl (C=O) groups excluding carboxylic acids is 1. The number of amides is 1. The molecule has 0 aliphatic carbocycles. The van der Waals surface area contributed by atoms with Crippen LogP contribution in [0.4, 0.5) is 9.18 Å². The maximum atomic E-state index is 12.8. The molecule has 1 aliphatic heterocycles. The van der Waals surface area contributed by atoms with Gasteiger partial charge in [0.1, 0.15) is 5.60 Å². The topological polar surface area (TPSA) is 54.5 Å². The molecule has 1 amide bonds. The molecule has 1 aromatic rings. The van der Waals surface area contributed by atoms with Gasteiger partial charge in [0, 0.05) is 25.8 Å². The average molecular weight is 281 g/mol. The summed E-state index contributed by atoms with van der Waals surface area (Å²) in [6.45, 7) is 7.28. The van der Waals surface area contributed by atoms with Gasteiger partial charge in [0.05, 0.1) is 6.04 Å². The molecule has 1 saturated heterocycles. The van der Waals surface area contributed by atoms with Crippen molar-refractivity contribution in [3.8, 4) is 0 Å². The van der Waals surface area contributed by atoms with Gasteiger partial charge in [-0.15, -0.1) is 0 Å². The zero-order valence-electron chi connectivity index (χ0n) is 12.0. The Kier molecular flexibility index (Phi) is 4.23. The van der Waals surface area contributed by atoms with Gasteiger partial charge in [0.2, 0.25) is 5.95 Å². The summed E-state index contributed by atoms with van der Waals surface area (Å²) in [5, 5.41) is 3.29. The molecule has 110 valence electrons. The van der Waals surface area contributed by atoms with Gasteiger partial charge in [0.25, 0.3) is 0 Å². The van der Waals surface area contributed by atoms with Gasteiger partial charge in [-0.05, 0) is 32.4 Å². The Hall–Kier alpha value is -1.69. The highest BCUT2D eigenvalue weighted by atomic mass is 19.1. The molecule has 1 aromatic heterocycles. The summed E-state index contributed by atoms with van der Waals surface area (Å²) < 4.78 is 18.2. The zero-order valence-corrected chi connectivity index (χ0v) is 12.0. The van der Waals surface area contributed by atoms with Crippen LogP contribution in [-0.4, -0.2) is 41.2 Å². The SMILES string of the molecule is CC(C)(C)OC(=O)N1CCNC(c2ccc(F)nc2)C1. The first-order chi connectivity index (χ1) is 9.35. The highest BCUT2D eigenvalue weighted by molar-refractivity contribution is 5.68. The molecule has 0 aromatic carbocycles. The lowest BCUT2D eigenvalue weighted by molar-refractivity contribution is 0.0195. The van der Waals surface area contributed by atoms with Crippen LogP contribution in [0.15, 0.2) is 18.3 Å². The van der Waals surface area contributed by atoms with Gasteiger partial charge < -0.3 is 15.0 Å². The van der Waals surface area contributed by atoms with Crippen LogP contribution < -0.4 is 5.32 Å². The number of rotatable bonds is 1. The Morgan fingerprint density at radius 1 is 1.50 bits per heavy atom. The van der Waals surface area contributed by atoms with Crippen LogP contribution in [0.2, 0.25) is 0 Å². The highest BCUT2D eigenvalue weighted by Gasteiger charge is 2.28. The van der Waals surface area contributed by atoms with E-state index in [0.29, 0.717) is 19.6 Å². The standard InChI is InChI=1S/C14H20FN3O2/c1-14(2,3)20-13(19)18-7-6-16-11(9-18)10-4-5-12(15)17-8-10/h4-5,8,11,16H,6-7,9H2,1-3H3. The van der Waals surface area contributed by atoms with Crippen molar-refractivity contribution in [3.05, 3.63) is 29.8 Å². The Morgan fingerprint density at radius 2 is 2.25 bits per heavy atom. The number of halogens is 1. The summed E-state index contributed by atoms with van der Waals surface area (Å²) in [5.41, 5.74) is 0.356. The maximum Gasteiger partial charge on any atom is 0.410 e. The van der Waals surface area contributed by atoms with E-state index in [0.717, 1.165) is 5.56 Å². The fourth-order valence-electron chi connectivity index (χ4n) is 2.06. The van der Waals surface area contributed by atoms with Crippen molar-refractivity contribution in [2.45, 2.75) is 32.4 Å². The summed E-state index contributed by atoms with van der Waals surface area (Å²) in [6, 6.07) is 2.95. The molecule has 20 heavy (non-hydrogen) atoms. The molecule has 0 bridgehead atoms. The van der Waals surface area contributed by atoms with Crippen molar-refractivity contribution in [3.63, 3.8) is 0 Å². The van der Waals surface area contributed by atoms with Gasteiger partial charge in [-0.2, -0.15) is 4.39 Å². The lowest BCUT2D eigenvalue weighted by atomic mass is 10.1. The molecule has 0 saturated carbocycles. The fraction of sp³-hybridized carbons (Fsp3) is 0.571. The lowest BCUT2D eigenvalue weighted by Gasteiger charge is -2.34. The minimum Gasteiger partial charge on any atom is -0.444 e. The normalized spacial score (nSPS) is 19.8. The van der Waals surface area contributed by atoms with Crippen molar-refractivity contribution in [1.29, 1.82) is 0 Å². The minimum absolute atomic E-state index is 0.0515. The van der Waals surface area contributed by atoms with Crippen molar-refractivity contribution in [1.82, 2.24) is 15.2 Å². The van der Waals surface area contributed by atoms with E-state index in [9.17, 15) is 9.18 Å². The summed E-state index contributed by atoms with van der Waals surface area (Å²) in [6.07, 6.45) is 1.17. The predicted octanol–water partition coefficient (Wildman–Crippen LogP) is 2.10. The van der Waals surface area contributed by atoms with E-state index in [1.54, 1.807) is 11.0 Å². The number of nitrogens with zero attached hydrogens (tertiary/aromatic N) is 2. The minimum atomic E-state index is -0.506. The van der Waals surface area contributed by atoms with E-state index in [-0.39, 0.29) is 12.1 Å². The molecule has 2 rings (SSSR count). The molecule has 1 unspecified atom stereocenters. The van der Waals surface area contributed by atoms with Crippen molar-refractivity contribution in [2.75, 3.05) is 19.6 Å². The molecular formula is C14H20FN3O2. The molecule has 1 fully saturated rings. The highest BCUT2D eigenvalue weighted by Crippen LogP contribution is 2.18. The van der Waals surface area contributed by atoms with Crippen LogP contribution >= 0.6 is 0 Å². The van der Waals surface area contributed by atoms with E-state index in [4.69, 9.17) is 4.74 Å². The van der Waals surface area contributed by atoms with Crippen LogP contribution in [0.25, 0.3) is 0 Å². The fourth-order valence-corrected chi connectivity index (χ4v) is 2.06. The van der Waals surface area contributed by atoms with Gasteiger partial charge in [0.15, 0.2) is 0 Å². The summed E-state index contributed by atoms with van der Waals surface area (Å²) in [7, 11) is 0. The summed E-state index contributed by atoms with van der Waals surface area (Å²) >= 11 is 0. The Balaban J connectivity index is 2.01. The summed E-state index contributed by atoms with van der Waals surface area (Å²) in [4.78, 5) is 17.3.